The summed E-state index contributed by atoms with van der Waals surface area (Å²) in [6.45, 7) is 0. The number of para-hydroxylation sites is 1. The van der Waals surface area contributed by atoms with Crippen LogP contribution in [0.5, 0.6) is 0 Å². The maximum atomic E-state index is 2.41. The highest BCUT2D eigenvalue weighted by molar-refractivity contribution is 5.99. The van der Waals surface area contributed by atoms with Crippen molar-refractivity contribution in [2.24, 2.45) is 0 Å². The molecule has 0 aromatic heterocycles. The van der Waals surface area contributed by atoms with Gasteiger partial charge in [-0.15, -0.1) is 0 Å². The maximum absolute atomic E-state index is 2.41. The van der Waals surface area contributed by atoms with Crippen LogP contribution < -0.4 is 4.90 Å². The van der Waals surface area contributed by atoms with Crippen molar-refractivity contribution >= 4 is 27.8 Å². The zero-order chi connectivity index (χ0) is 29.3. The highest BCUT2D eigenvalue weighted by Gasteiger charge is 2.24. The number of aryl methyl sites for hydroxylation is 1. The number of benzene rings is 7. The van der Waals surface area contributed by atoms with Crippen LogP contribution in [0, 0.1) is 0 Å². The molecule has 1 aliphatic carbocycles. The average molecular weight is 564 g/mol. The van der Waals surface area contributed by atoms with E-state index in [0.29, 0.717) is 5.92 Å². The molecule has 0 fully saturated rings. The summed E-state index contributed by atoms with van der Waals surface area (Å²) in [5.41, 5.74) is 12.9. The molecule has 0 amide bonds. The van der Waals surface area contributed by atoms with E-state index in [2.05, 4.69) is 175 Å². The van der Waals surface area contributed by atoms with E-state index in [0.717, 1.165) is 24.2 Å². The molecule has 0 radical (unpaired) electrons. The van der Waals surface area contributed by atoms with Gasteiger partial charge >= 0.3 is 0 Å². The summed E-state index contributed by atoms with van der Waals surface area (Å²) >= 11 is 0. The SMILES string of the molecule is c1ccc(C2CCc3ccc(-c4ccc(N(c5ccccc5)c5cccc6ccccc56)cc4)cc3-c3ccccc32)cc1. The van der Waals surface area contributed by atoms with Gasteiger partial charge in [-0.1, -0.05) is 133 Å². The summed E-state index contributed by atoms with van der Waals surface area (Å²) in [6.07, 6.45) is 2.19. The highest BCUT2D eigenvalue weighted by Crippen LogP contribution is 2.43. The van der Waals surface area contributed by atoms with Crippen LogP contribution in [-0.4, -0.2) is 0 Å². The lowest BCUT2D eigenvalue weighted by atomic mass is 9.86. The fourth-order valence-corrected chi connectivity index (χ4v) is 6.97. The Bertz CT molecular complexity index is 2050. The second kappa shape index (κ2) is 11.4. The van der Waals surface area contributed by atoms with E-state index >= 15 is 0 Å². The molecule has 1 aliphatic rings. The van der Waals surface area contributed by atoms with Crippen LogP contribution in [-0.2, 0) is 6.42 Å². The van der Waals surface area contributed by atoms with E-state index in [4.69, 9.17) is 0 Å². The molecule has 7 aromatic rings. The van der Waals surface area contributed by atoms with Crippen LogP contribution in [0.25, 0.3) is 33.0 Å². The predicted molar refractivity (Wildman–Crippen MR) is 186 cm³/mol. The number of anilines is 3. The predicted octanol–water partition coefficient (Wildman–Crippen LogP) is 11.7. The normalized spacial score (nSPS) is 14.0. The van der Waals surface area contributed by atoms with E-state index in [9.17, 15) is 0 Å². The van der Waals surface area contributed by atoms with Gasteiger partial charge in [0.05, 0.1) is 5.69 Å². The number of rotatable bonds is 5. The van der Waals surface area contributed by atoms with E-state index in [1.807, 2.05) is 0 Å². The third kappa shape index (κ3) is 4.77. The van der Waals surface area contributed by atoms with Gasteiger partial charge in [0, 0.05) is 22.7 Å². The second-order valence-electron chi connectivity index (χ2n) is 11.7. The van der Waals surface area contributed by atoms with Crippen molar-refractivity contribution in [2.75, 3.05) is 4.90 Å². The molecule has 1 nitrogen and oxygen atoms in total. The Labute approximate surface area is 259 Å². The van der Waals surface area contributed by atoms with Crippen molar-refractivity contribution in [2.45, 2.75) is 18.8 Å². The van der Waals surface area contributed by atoms with Gasteiger partial charge in [0.25, 0.3) is 0 Å². The van der Waals surface area contributed by atoms with E-state index in [-0.39, 0.29) is 0 Å². The van der Waals surface area contributed by atoms with Crippen molar-refractivity contribution in [1.82, 2.24) is 0 Å². The molecule has 1 heteroatoms. The third-order valence-electron chi connectivity index (χ3n) is 9.12. The molecule has 8 rings (SSSR count). The van der Waals surface area contributed by atoms with Crippen LogP contribution in [0.2, 0.25) is 0 Å². The number of hydrogen-bond acceptors (Lipinski definition) is 1. The van der Waals surface area contributed by atoms with E-state index in [1.54, 1.807) is 0 Å². The van der Waals surface area contributed by atoms with Crippen molar-refractivity contribution in [3.63, 3.8) is 0 Å². The zero-order valence-corrected chi connectivity index (χ0v) is 24.6. The second-order valence-corrected chi connectivity index (χ2v) is 11.7. The lowest BCUT2D eigenvalue weighted by Gasteiger charge is -2.27. The Morgan fingerprint density at radius 2 is 1.14 bits per heavy atom. The molecule has 0 N–H and O–H groups in total. The summed E-state index contributed by atoms with van der Waals surface area (Å²) in [5, 5.41) is 2.48. The molecule has 44 heavy (non-hydrogen) atoms. The first-order valence-electron chi connectivity index (χ1n) is 15.5. The Balaban J connectivity index is 1.19. The Kier molecular flexibility index (Phi) is 6.77. The first kappa shape index (κ1) is 26.2. The fourth-order valence-electron chi connectivity index (χ4n) is 6.97. The van der Waals surface area contributed by atoms with Gasteiger partial charge in [0.2, 0.25) is 0 Å². The summed E-state index contributed by atoms with van der Waals surface area (Å²) in [4.78, 5) is 2.36. The van der Waals surface area contributed by atoms with Crippen LogP contribution in [0.15, 0.2) is 170 Å². The maximum Gasteiger partial charge on any atom is 0.0540 e. The van der Waals surface area contributed by atoms with E-state index in [1.165, 1.54) is 55.4 Å². The van der Waals surface area contributed by atoms with Gasteiger partial charge in [-0.2, -0.15) is 0 Å². The monoisotopic (exact) mass is 563 g/mol. The van der Waals surface area contributed by atoms with Gasteiger partial charge in [-0.3, -0.25) is 0 Å². The Hall–Kier alpha value is -5.40. The number of fused-ring (bicyclic) bond motifs is 4. The molecule has 0 saturated heterocycles. The highest BCUT2D eigenvalue weighted by atomic mass is 15.1. The summed E-state index contributed by atoms with van der Waals surface area (Å²) in [5.74, 6) is 0.403. The minimum absolute atomic E-state index is 0.403. The largest absolute Gasteiger partial charge is 0.310 e. The van der Waals surface area contributed by atoms with Crippen molar-refractivity contribution in [1.29, 1.82) is 0 Å². The van der Waals surface area contributed by atoms with E-state index < -0.39 is 0 Å². The molecule has 0 bridgehead atoms. The molecular formula is C43H33N. The molecular weight excluding hydrogens is 530 g/mol. The number of nitrogens with zero attached hydrogens (tertiary/aromatic N) is 1. The van der Waals surface area contributed by atoms with Crippen molar-refractivity contribution in [3.8, 4) is 22.3 Å². The molecule has 1 atom stereocenters. The zero-order valence-electron chi connectivity index (χ0n) is 24.6. The summed E-state index contributed by atoms with van der Waals surface area (Å²) in [7, 11) is 0. The van der Waals surface area contributed by atoms with Crippen molar-refractivity contribution < 1.29 is 0 Å². The lowest BCUT2D eigenvalue weighted by Crippen LogP contribution is -2.10. The van der Waals surface area contributed by atoms with Gasteiger partial charge in [0.15, 0.2) is 0 Å². The van der Waals surface area contributed by atoms with Gasteiger partial charge in [-0.25, -0.2) is 0 Å². The minimum Gasteiger partial charge on any atom is -0.310 e. The summed E-state index contributed by atoms with van der Waals surface area (Å²) < 4.78 is 0. The molecule has 0 saturated carbocycles. The van der Waals surface area contributed by atoms with Crippen LogP contribution in [0.1, 0.15) is 29.0 Å². The van der Waals surface area contributed by atoms with Gasteiger partial charge < -0.3 is 4.90 Å². The first-order valence-corrected chi connectivity index (χ1v) is 15.5. The molecule has 0 spiro atoms. The quantitative estimate of drug-likeness (QED) is 0.201. The standard InChI is InChI=1S/C43H33N/c1-3-12-32(13-4-1)38-29-26-34-22-23-35(30-42(34)41-20-10-9-19-40(38)41)31-24-27-37(28-25-31)44(36-16-5-2-6-17-36)43-21-11-15-33-14-7-8-18-39(33)43/h1-25,27-28,30,38H,26,29H2. The minimum atomic E-state index is 0.403. The first-order chi connectivity index (χ1) is 21.8. The van der Waals surface area contributed by atoms with Gasteiger partial charge in [-0.05, 0) is 93.6 Å². The third-order valence-corrected chi connectivity index (χ3v) is 9.12. The summed E-state index contributed by atoms with van der Waals surface area (Å²) in [6, 6.07) is 62.0. The van der Waals surface area contributed by atoms with Crippen molar-refractivity contribution in [3.05, 3.63) is 187 Å². The molecule has 0 aliphatic heterocycles. The average Bonchev–Trinajstić information content (AvgIpc) is 3.26. The lowest BCUT2D eigenvalue weighted by molar-refractivity contribution is 0.726. The smallest absolute Gasteiger partial charge is 0.0540 e. The van der Waals surface area contributed by atoms with Crippen LogP contribution >= 0.6 is 0 Å². The Morgan fingerprint density at radius 1 is 0.477 bits per heavy atom. The topological polar surface area (TPSA) is 3.24 Å². The fraction of sp³-hybridized carbons (Fsp3) is 0.0698. The van der Waals surface area contributed by atoms with Crippen LogP contribution in [0.4, 0.5) is 17.1 Å². The molecule has 0 heterocycles. The van der Waals surface area contributed by atoms with Crippen LogP contribution in [0.3, 0.4) is 0 Å². The molecule has 1 unspecified atom stereocenters. The van der Waals surface area contributed by atoms with Gasteiger partial charge in [0.1, 0.15) is 0 Å². The molecule has 210 valence electrons. The molecule has 7 aromatic carbocycles. The Morgan fingerprint density at radius 3 is 1.98 bits per heavy atom. The number of hydrogen-bond donors (Lipinski definition) is 0.